The van der Waals surface area contributed by atoms with E-state index in [0.717, 1.165) is 6.42 Å². The van der Waals surface area contributed by atoms with Crippen molar-refractivity contribution in [2.75, 3.05) is 0 Å². The molecule has 2 rings (SSSR count). The Morgan fingerprint density at radius 1 is 1.19 bits per heavy atom. The van der Waals surface area contributed by atoms with Gasteiger partial charge < -0.3 is 0 Å². The van der Waals surface area contributed by atoms with Gasteiger partial charge in [-0.1, -0.05) is 6.08 Å². The molecule has 0 aliphatic heterocycles. The predicted octanol–water partition coefficient (Wildman–Crippen LogP) is 4.92. The quantitative estimate of drug-likeness (QED) is 0.541. The first kappa shape index (κ1) is 15.9. The van der Waals surface area contributed by atoms with E-state index in [4.69, 9.17) is 17.0 Å². The molecular weight excluding hydrogens is 318 g/mol. The zero-order valence-electron chi connectivity index (χ0n) is 8.94. The van der Waals surface area contributed by atoms with Crippen LogP contribution >= 0.6 is 17.0 Å². The Balaban J connectivity index is 0.000000241. The average Bonchev–Trinajstić information content (AvgIpc) is 2.95. The van der Waals surface area contributed by atoms with Crippen molar-refractivity contribution in [1.29, 1.82) is 0 Å². The number of halogens is 2. The van der Waals surface area contributed by atoms with E-state index in [1.54, 1.807) is 0 Å². The predicted molar refractivity (Wildman–Crippen MR) is 69.7 cm³/mol. The van der Waals surface area contributed by atoms with E-state index in [9.17, 15) is 0 Å². The molecule has 0 unspecified atom stereocenters. The van der Waals surface area contributed by atoms with Gasteiger partial charge in [-0.25, -0.2) is 24.3 Å². The molecule has 16 heavy (non-hydrogen) atoms. The fraction of sp³-hybridized carbons (Fsp3) is 0.0769. The van der Waals surface area contributed by atoms with Crippen LogP contribution in [0.4, 0.5) is 0 Å². The van der Waals surface area contributed by atoms with Crippen molar-refractivity contribution < 1.29 is 20.8 Å². The van der Waals surface area contributed by atoms with Crippen molar-refractivity contribution in [2.45, 2.75) is 6.42 Å². The number of allylic oxidation sites excluding steroid dienone is 1. The smallest absolute Gasteiger partial charge is 0.172 e. The first-order chi connectivity index (χ1) is 7.85. The zero-order valence-corrected chi connectivity index (χ0v) is 12.9. The summed E-state index contributed by atoms with van der Waals surface area (Å²) in [5, 5.41) is 0. The molecule has 0 saturated heterocycles. The van der Waals surface area contributed by atoms with Crippen molar-refractivity contribution in [3.8, 4) is 0 Å². The minimum atomic E-state index is -0.826. The Kier molecular flexibility index (Phi) is 12.9. The minimum Gasteiger partial charge on any atom is -0.214 e. The molecule has 84 valence electrons. The molecule has 0 atom stereocenters. The molecule has 0 N–H and O–H groups in total. The van der Waals surface area contributed by atoms with E-state index in [1.165, 1.54) is 5.56 Å². The van der Waals surface area contributed by atoms with Crippen molar-refractivity contribution >= 4 is 17.0 Å². The summed E-state index contributed by atoms with van der Waals surface area (Å²) in [5.74, 6) is 0. The second-order valence-electron chi connectivity index (χ2n) is 2.82. The Hall–Kier alpha value is -0.0969. The molecule has 0 aromatic heterocycles. The first-order valence-corrected chi connectivity index (χ1v) is 11.1. The fourth-order valence-electron chi connectivity index (χ4n) is 1.04. The third-order valence-corrected chi connectivity index (χ3v) is 1.67. The third kappa shape index (κ3) is 10.4. The van der Waals surface area contributed by atoms with E-state index in [0.29, 0.717) is 0 Å². The topological polar surface area (TPSA) is 0 Å². The summed E-state index contributed by atoms with van der Waals surface area (Å²) >= 11 is -0.826. The zero-order chi connectivity index (χ0) is 12.1. The maximum Gasteiger partial charge on any atom is -0.172 e. The van der Waals surface area contributed by atoms with Crippen LogP contribution in [0, 0.1) is 0 Å². The van der Waals surface area contributed by atoms with Crippen LogP contribution in [0.3, 0.4) is 0 Å². The van der Waals surface area contributed by atoms with Crippen molar-refractivity contribution in [3.63, 3.8) is 0 Å². The van der Waals surface area contributed by atoms with Gasteiger partial charge in [0.15, 0.2) is 0 Å². The van der Waals surface area contributed by atoms with Gasteiger partial charge in [-0.2, -0.15) is 35.9 Å². The van der Waals surface area contributed by atoms with E-state index >= 15 is 0 Å². The molecule has 0 aliphatic carbocycles. The summed E-state index contributed by atoms with van der Waals surface area (Å²) in [6, 6.07) is 18.3. The Morgan fingerprint density at radius 3 is 2.12 bits per heavy atom. The molecule has 0 spiro atoms. The number of rotatable bonds is 2. The molecule has 0 aliphatic rings. The fourth-order valence-corrected chi connectivity index (χ4v) is 1.04. The van der Waals surface area contributed by atoms with Gasteiger partial charge in [0, 0.05) is 0 Å². The van der Waals surface area contributed by atoms with E-state index in [2.05, 4.69) is 18.7 Å². The van der Waals surface area contributed by atoms with Gasteiger partial charge in [0.05, 0.1) is 0 Å². The van der Waals surface area contributed by atoms with Crippen LogP contribution in [0.2, 0.25) is 0 Å². The molecule has 0 saturated carbocycles. The maximum atomic E-state index is 4.93. The van der Waals surface area contributed by atoms with Crippen LogP contribution in [0.5, 0.6) is 0 Å². The van der Waals surface area contributed by atoms with E-state index in [1.807, 2.05) is 48.5 Å². The second-order valence-corrected chi connectivity index (χ2v) is 6.55. The van der Waals surface area contributed by atoms with Gasteiger partial charge >= 0.3 is 37.9 Å². The number of hydrogen-bond donors (Lipinski definition) is 0. The first-order valence-electron chi connectivity index (χ1n) is 4.79. The molecule has 0 fully saturated rings. The molecule has 0 heterocycles. The van der Waals surface area contributed by atoms with E-state index < -0.39 is 20.8 Å². The molecule has 2 aromatic rings. The van der Waals surface area contributed by atoms with Gasteiger partial charge in [-0.05, 0) is 6.42 Å². The average molecular weight is 332 g/mol. The summed E-state index contributed by atoms with van der Waals surface area (Å²) in [5.41, 5.74) is 1.35. The normalized spacial score (nSPS) is 7.62. The summed E-state index contributed by atoms with van der Waals surface area (Å²) in [6.07, 6.45) is 2.91. The van der Waals surface area contributed by atoms with Gasteiger partial charge in [0.2, 0.25) is 0 Å². The minimum absolute atomic E-state index is 0.826. The molecule has 0 amide bonds. The summed E-state index contributed by atoms with van der Waals surface area (Å²) in [6.45, 7) is 3.64. The molecule has 0 nitrogen and oxygen atoms in total. The van der Waals surface area contributed by atoms with Crippen molar-refractivity contribution in [2.24, 2.45) is 0 Å². The molecular formula is C13H14Cl2Zr. The van der Waals surface area contributed by atoms with Crippen LogP contribution in [0.1, 0.15) is 5.56 Å². The molecule has 0 radical (unpaired) electrons. The van der Waals surface area contributed by atoms with Crippen molar-refractivity contribution in [3.05, 3.63) is 72.8 Å². The standard InChI is InChI=1S/C8H9.C5H5.2ClH.Zr/c1-2-5-8-6-3-4-7-8;1-2-4-5-3-1;;;/h2-4,6-7H,1,5H2;1-5H;2*1H;/q2*-1;;;+4/p-2. The van der Waals surface area contributed by atoms with Crippen molar-refractivity contribution in [1.82, 2.24) is 0 Å². The van der Waals surface area contributed by atoms with Gasteiger partial charge in [0.1, 0.15) is 0 Å². The van der Waals surface area contributed by atoms with Crippen LogP contribution in [-0.4, -0.2) is 0 Å². The van der Waals surface area contributed by atoms with Crippen LogP contribution in [0.25, 0.3) is 0 Å². The van der Waals surface area contributed by atoms with Crippen LogP contribution in [-0.2, 0) is 27.3 Å². The SMILES string of the molecule is C=CCc1ccc[cH-]1.[Cl][Zr+2][Cl].c1cc[cH-]c1. The van der Waals surface area contributed by atoms with Crippen LogP contribution < -0.4 is 0 Å². The second kappa shape index (κ2) is 13.0. The summed E-state index contributed by atoms with van der Waals surface area (Å²) in [7, 11) is 9.87. The molecule has 2 aromatic carbocycles. The number of hydrogen-bond acceptors (Lipinski definition) is 0. The van der Waals surface area contributed by atoms with Gasteiger partial charge in [-0.3, -0.25) is 0 Å². The molecule has 0 bridgehead atoms. The Bertz CT molecular complexity index is 294. The monoisotopic (exact) mass is 330 g/mol. The summed E-state index contributed by atoms with van der Waals surface area (Å²) in [4.78, 5) is 0. The Morgan fingerprint density at radius 2 is 1.81 bits per heavy atom. The van der Waals surface area contributed by atoms with Crippen LogP contribution in [0.15, 0.2) is 67.3 Å². The van der Waals surface area contributed by atoms with Gasteiger partial charge in [-0.15, -0.1) is 6.58 Å². The van der Waals surface area contributed by atoms with Gasteiger partial charge in [0.25, 0.3) is 0 Å². The Labute approximate surface area is 116 Å². The largest absolute Gasteiger partial charge is 0.214 e. The maximum absolute atomic E-state index is 4.93. The third-order valence-electron chi connectivity index (χ3n) is 1.67. The van der Waals surface area contributed by atoms with E-state index in [-0.39, 0.29) is 0 Å². The summed E-state index contributed by atoms with van der Waals surface area (Å²) < 4.78 is 0. The molecule has 3 heteroatoms.